The molecule has 2 N–H and O–H groups in total. The van der Waals surface area contributed by atoms with Crippen molar-refractivity contribution in [3.05, 3.63) is 0 Å². The molecule has 2 unspecified atom stereocenters. The Labute approximate surface area is 61.7 Å². The zero-order valence-electron chi connectivity index (χ0n) is 6.31. The predicted octanol–water partition coefficient (Wildman–Crippen LogP) is 0.762. The molecule has 1 aliphatic heterocycles. The minimum absolute atomic E-state index is 0.392. The van der Waals surface area contributed by atoms with Crippen LogP contribution in [0.2, 0.25) is 0 Å². The van der Waals surface area contributed by atoms with E-state index >= 15 is 0 Å². The second kappa shape index (κ2) is 2.21. The lowest BCUT2D eigenvalue weighted by Crippen LogP contribution is -2.36. The van der Waals surface area contributed by atoms with Gasteiger partial charge in [0.05, 0.1) is 6.61 Å². The molecule has 0 aromatic rings. The molecule has 2 nitrogen and oxygen atoms in total. The maximum atomic E-state index is 5.70. The highest BCUT2D eigenvalue weighted by atomic mass is 16.5. The molecule has 1 heterocycles. The molecule has 1 aliphatic carbocycles. The van der Waals surface area contributed by atoms with Crippen LogP contribution >= 0.6 is 0 Å². The van der Waals surface area contributed by atoms with Crippen LogP contribution in [0.15, 0.2) is 0 Å². The summed E-state index contributed by atoms with van der Waals surface area (Å²) in [6.07, 6.45) is 3.97. The van der Waals surface area contributed by atoms with Gasteiger partial charge >= 0.3 is 0 Å². The summed E-state index contributed by atoms with van der Waals surface area (Å²) in [5.41, 5.74) is 6.09. The largest absolute Gasteiger partial charge is 0.381 e. The standard InChI is InChI=1S/C8H15NO/c9-5-8-2-1-7(3-8)4-10-6-8/h7H,1-6,9H2. The van der Waals surface area contributed by atoms with E-state index in [4.69, 9.17) is 10.5 Å². The second-order valence-corrected chi connectivity index (χ2v) is 3.83. The molecular formula is C8H15NO. The average molecular weight is 141 g/mol. The average Bonchev–Trinajstić information content (AvgIpc) is 2.29. The Balaban J connectivity index is 2.10. The van der Waals surface area contributed by atoms with Gasteiger partial charge in [0, 0.05) is 18.6 Å². The SMILES string of the molecule is NCC12CCC(COC1)C2. The lowest BCUT2D eigenvalue weighted by molar-refractivity contribution is -0.000388. The third kappa shape index (κ3) is 0.867. The van der Waals surface area contributed by atoms with Gasteiger partial charge in [0.15, 0.2) is 0 Å². The van der Waals surface area contributed by atoms with Crippen molar-refractivity contribution in [1.82, 2.24) is 0 Å². The van der Waals surface area contributed by atoms with E-state index in [2.05, 4.69) is 0 Å². The van der Waals surface area contributed by atoms with Crippen molar-refractivity contribution >= 4 is 0 Å². The van der Waals surface area contributed by atoms with Crippen molar-refractivity contribution in [2.75, 3.05) is 19.8 Å². The minimum Gasteiger partial charge on any atom is -0.381 e. The van der Waals surface area contributed by atoms with Crippen LogP contribution in [0.3, 0.4) is 0 Å². The van der Waals surface area contributed by atoms with E-state index in [9.17, 15) is 0 Å². The highest BCUT2D eigenvalue weighted by Gasteiger charge is 2.41. The van der Waals surface area contributed by atoms with Crippen molar-refractivity contribution in [2.24, 2.45) is 17.1 Å². The van der Waals surface area contributed by atoms with Gasteiger partial charge in [-0.1, -0.05) is 0 Å². The van der Waals surface area contributed by atoms with Crippen LogP contribution in [0.1, 0.15) is 19.3 Å². The van der Waals surface area contributed by atoms with Crippen LogP contribution in [0.5, 0.6) is 0 Å². The van der Waals surface area contributed by atoms with Crippen molar-refractivity contribution in [3.8, 4) is 0 Å². The Morgan fingerprint density at radius 3 is 3.20 bits per heavy atom. The zero-order chi connectivity index (χ0) is 7.03. The minimum atomic E-state index is 0.392. The summed E-state index contributed by atoms with van der Waals surface area (Å²) in [6.45, 7) is 2.73. The van der Waals surface area contributed by atoms with Crippen LogP contribution in [0.4, 0.5) is 0 Å². The summed E-state index contributed by atoms with van der Waals surface area (Å²) in [5, 5.41) is 0. The first-order chi connectivity index (χ1) is 4.85. The van der Waals surface area contributed by atoms with Crippen LogP contribution in [-0.2, 0) is 4.74 Å². The van der Waals surface area contributed by atoms with E-state index in [0.29, 0.717) is 5.41 Å². The van der Waals surface area contributed by atoms with Crippen LogP contribution in [-0.4, -0.2) is 19.8 Å². The first-order valence-corrected chi connectivity index (χ1v) is 4.12. The van der Waals surface area contributed by atoms with E-state index in [-0.39, 0.29) is 0 Å². The lowest BCUT2D eigenvalue weighted by Gasteiger charge is -2.31. The van der Waals surface area contributed by atoms with Crippen molar-refractivity contribution in [2.45, 2.75) is 19.3 Å². The third-order valence-electron chi connectivity index (χ3n) is 3.00. The maximum Gasteiger partial charge on any atom is 0.0534 e. The van der Waals surface area contributed by atoms with Gasteiger partial charge in [-0.15, -0.1) is 0 Å². The summed E-state index contributed by atoms with van der Waals surface area (Å²) < 4.78 is 5.47. The fraction of sp³-hybridized carbons (Fsp3) is 1.00. The van der Waals surface area contributed by atoms with Gasteiger partial charge < -0.3 is 10.5 Å². The van der Waals surface area contributed by atoms with Gasteiger partial charge in [0.2, 0.25) is 0 Å². The van der Waals surface area contributed by atoms with E-state index in [1.54, 1.807) is 0 Å². The van der Waals surface area contributed by atoms with Crippen molar-refractivity contribution in [1.29, 1.82) is 0 Å². The number of nitrogens with two attached hydrogens (primary N) is 1. The lowest BCUT2D eigenvalue weighted by atomic mass is 9.85. The number of ether oxygens (including phenoxy) is 1. The molecule has 2 heteroatoms. The first kappa shape index (κ1) is 6.62. The Hall–Kier alpha value is -0.0800. The highest BCUT2D eigenvalue weighted by Crippen LogP contribution is 2.44. The molecule has 1 saturated carbocycles. The highest BCUT2D eigenvalue weighted by molar-refractivity contribution is 4.92. The fourth-order valence-corrected chi connectivity index (χ4v) is 2.29. The van der Waals surface area contributed by atoms with E-state index in [0.717, 1.165) is 25.7 Å². The molecule has 1 saturated heterocycles. The number of rotatable bonds is 1. The molecule has 0 aromatic heterocycles. The van der Waals surface area contributed by atoms with Crippen molar-refractivity contribution < 1.29 is 4.74 Å². The molecular weight excluding hydrogens is 126 g/mol. The van der Waals surface area contributed by atoms with E-state index < -0.39 is 0 Å². The fourth-order valence-electron chi connectivity index (χ4n) is 2.29. The molecule has 10 heavy (non-hydrogen) atoms. The van der Waals surface area contributed by atoms with Gasteiger partial charge in [-0.2, -0.15) is 0 Å². The third-order valence-corrected chi connectivity index (χ3v) is 3.00. The molecule has 2 atom stereocenters. The predicted molar refractivity (Wildman–Crippen MR) is 39.6 cm³/mol. The van der Waals surface area contributed by atoms with Gasteiger partial charge in [0.1, 0.15) is 0 Å². The second-order valence-electron chi connectivity index (χ2n) is 3.83. The molecule has 0 amide bonds. The van der Waals surface area contributed by atoms with Gasteiger partial charge in [-0.3, -0.25) is 0 Å². The summed E-state index contributed by atoms with van der Waals surface area (Å²) in [6, 6.07) is 0. The van der Waals surface area contributed by atoms with Crippen molar-refractivity contribution in [3.63, 3.8) is 0 Å². The van der Waals surface area contributed by atoms with E-state index in [1.165, 1.54) is 19.3 Å². The van der Waals surface area contributed by atoms with Gasteiger partial charge in [-0.25, -0.2) is 0 Å². The molecule has 0 radical (unpaired) electrons. The first-order valence-electron chi connectivity index (χ1n) is 4.12. The van der Waals surface area contributed by atoms with Gasteiger partial charge in [-0.05, 0) is 25.2 Å². The number of fused-ring (bicyclic) bond motifs is 2. The topological polar surface area (TPSA) is 35.2 Å². The summed E-state index contributed by atoms with van der Waals surface area (Å²) in [5.74, 6) is 0.831. The van der Waals surface area contributed by atoms with Crippen LogP contribution in [0, 0.1) is 11.3 Å². The molecule has 0 aromatic carbocycles. The molecule has 2 fully saturated rings. The summed E-state index contributed by atoms with van der Waals surface area (Å²) in [4.78, 5) is 0. The summed E-state index contributed by atoms with van der Waals surface area (Å²) >= 11 is 0. The quantitative estimate of drug-likeness (QED) is 0.585. The molecule has 2 bridgehead atoms. The summed E-state index contributed by atoms with van der Waals surface area (Å²) in [7, 11) is 0. The van der Waals surface area contributed by atoms with E-state index in [1.807, 2.05) is 0 Å². The maximum absolute atomic E-state index is 5.70. The monoisotopic (exact) mass is 141 g/mol. The normalized spacial score (nSPS) is 45.9. The number of hydrogen-bond donors (Lipinski definition) is 1. The Kier molecular flexibility index (Phi) is 1.46. The Morgan fingerprint density at radius 1 is 1.60 bits per heavy atom. The molecule has 2 aliphatic rings. The molecule has 2 rings (SSSR count). The number of hydrogen-bond acceptors (Lipinski definition) is 2. The Morgan fingerprint density at radius 2 is 2.50 bits per heavy atom. The zero-order valence-corrected chi connectivity index (χ0v) is 6.31. The Bertz CT molecular complexity index is 133. The smallest absolute Gasteiger partial charge is 0.0534 e. The van der Waals surface area contributed by atoms with Crippen LogP contribution in [0.25, 0.3) is 0 Å². The van der Waals surface area contributed by atoms with Crippen LogP contribution < -0.4 is 5.73 Å². The van der Waals surface area contributed by atoms with Gasteiger partial charge in [0.25, 0.3) is 0 Å². The molecule has 0 spiro atoms. The molecule has 58 valence electrons.